The summed E-state index contributed by atoms with van der Waals surface area (Å²) in [6.07, 6.45) is 1.80. The van der Waals surface area contributed by atoms with E-state index in [9.17, 15) is 4.79 Å². The van der Waals surface area contributed by atoms with Crippen LogP contribution in [0.1, 0.15) is 21.6 Å². The first-order valence-corrected chi connectivity index (χ1v) is 5.45. The molecule has 1 aromatic heterocycles. The Morgan fingerprint density at radius 1 is 1.29 bits per heavy atom. The molecule has 0 aliphatic heterocycles. The third kappa shape index (κ3) is 2.36. The van der Waals surface area contributed by atoms with Gasteiger partial charge >= 0.3 is 0 Å². The number of carbonyl (C=O) groups is 1. The molecular formula is C13H15N3O. The lowest BCUT2D eigenvalue weighted by atomic mass is 10.1. The first-order valence-electron chi connectivity index (χ1n) is 5.45. The number of amides is 1. The summed E-state index contributed by atoms with van der Waals surface area (Å²) < 4.78 is 1.68. The maximum absolute atomic E-state index is 12.0. The Morgan fingerprint density at radius 2 is 2.00 bits per heavy atom. The number of carbonyl (C=O) groups excluding carboxylic acids is 1. The van der Waals surface area contributed by atoms with Crippen LogP contribution in [0.4, 0.5) is 5.69 Å². The lowest BCUT2D eigenvalue weighted by molar-refractivity contribution is 0.102. The predicted molar refractivity (Wildman–Crippen MR) is 67.1 cm³/mol. The molecule has 2 rings (SSSR count). The molecule has 0 spiro atoms. The molecule has 2 aromatic rings. The van der Waals surface area contributed by atoms with Gasteiger partial charge in [-0.3, -0.25) is 9.48 Å². The van der Waals surface area contributed by atoms with Crippen LogP contribution >= 0.6 is 0 Å². The average molecular weight is 229 g/mol. The second-order valence-corrected chi connectivity index (χ2v) is 4.07. The van der Waals surface area contributed by atoms with E-state index in [0.717, 1.165) is 16.9 Å². The normalized spacial score (nSPS) is 10.3. The van der Waals surface area contributed by atoms with Crippen molar-refractivity contribution in [2.24, 2.45) is 7.05 Å². The zero-order valence-corrected chi connectivity index (χ0v) is 10.2. The zero-order valence-electron chi connectivity index (χ0n) is 10.2. The van der Waals surface area contributed by atoms with E-state index < -0.39 is 0 Å². The first kappa shape index (κ1) is 11.4. The number of hydrogen-bond acceptors (Lipinski definition) is 2. The van der Waals surface area contributed by atoms with Crippen LogP contribution in [-0.4, -0.2) is 15.7 Å². The van der Waals surface area contributed by atoms with Gasteiger partial charge in [0.2, 0.25) is 0 Å². The number of aryl methyl sites for hydroxylation is 3. The van der Waals surface area contributed by atoms with E-state index in [-0.39, 0.29) is 5.91 Å². The van der Waals surface area contributed by atoms with Gasteiger partial charge in [-0.2, -0.15) is 5.10 Å². The van der Waals surface area contributed by atoms with Crippen molar-refractivity contribution in [3.63, 3.8) is 0 Å². The van der Waals surface area contributed by atoms with Crippen LogP contribution in [0.3, 0.4) is 0 Å². The number of aromatic nitrogens is 2. The number of nitrogens with zero attached hydrogens (tertiary/aromatic N) is 2. The van der Waals surface area contributed by atoms with Crippen LogP contribution in [0.5, 0.6) is 0 Å². The van der Waals surface area contributed by atoms with Gasteiger partial charge in [0, 0.05) is 18.8 Å². The van der Waals surface area contributed by atoms with Gasteiger partial charge in [-0.15, -0.1) is 0 Å². The monoisotopic (exact) mass is 229 g/mol. The highest BCUT2D eigenvalue weighted by molar-refractivity contribution is 6.05. The van der Waals surface area contributed by atoms with Crippen molar-refractivity contribution in [3.05, 3.63) is 47.3 Å². The molecular weight excluding hydrogens is 214 g/mol. The molecule has 88 valence electrons. The van der Waals surface area contributed by atoms with Crippen LogP contribution in [0, 0.1) is 13.8 Å². The first-order chi connectivity index (χ1) is 8.08. The number of rotatable bonds is 2. The second kappa shape index (κ2) is 4.41. The van der Waals surface area contributed by atoms with Crippen LogP contribution in [0.15, 0.2) is 30.5 Å². The van der Waals surface area contributed by atoms with Crippen LogP contribution < -0.4 is 5.32 Å². The third-order valence-electron chi connectivity index (χ3n) is 2.65. The minimum absolute atomic E-state index is 0.0980. The topological polar surface area (TPSA) is 46.9 Å². The van der Waals surface area contributed by atoms with Crippen LogP contribution in [0.25, 0.3) is 0 Å². The van der Waals surface area contributed by atoms with E-state index in [1.807, 2.05) is 45.2 Å². The Labute approximate surface area is 100 Å². The smallest absolute Gasteiger partial charge is 0.256 e. The molecule has 4 heteroatoms. The van der Waals surface area contributed by atoms with E-state index in [0.29, 0.717) is 5.56 Å². The molecule has 0 radical (unpaired) electrons. The van der Waals surface area contributed by atoms with Crippen molar-refractivity contribution in [3.8, 4) is 0 Å². The Bertz CT molecular complexity index is 558. The SMILES string of the molecule is Cc1ccccc1C(=O)Nc1cn(C)nc1C. The lowest BCUT2D eigenvalue weighted by Gasteiger charge is -2.05. The Kier molecular flexibility index (Phi) is 2.95. The molecule has 1 N–H and O–H groups in total. The molecule has 1 aromatic carbocycles. The standard InChI is InChI=1S/C13H15N3O/c1-9-6-4-5-7-11(9)13(17)14-12-8-16(3)15-10(12)2/h4-8H,1-3H3,(H,14,17). The molecule has 0 saturated heterocycles. The van der Waals surface area contributed by atoms with Gasteiger partial charge in [0.15, 0.2) is 0 Å². The summed E-state index contributed by atoms with van der Waals surface area (Å²) >= 11 is 0. The Balaban J connectivity index is 2.23. The molecule has 0 fully saturated rings. The summed E-state index contributed by atoms with van der Waals surface area (Å²) in [7, 11) is 1.83. The van der Waals surface area contributed by atoms with E-state index in [2.05, 4.69) is 10.4 Å². The maximum atomic E-state index is 12.0. The van der Waals surface area contributed by atoms with Gasteiger partial charge in [0.25, 0.3) is 5.91 Å². The third-order valence-corrected chi connectivity index (χ3v) is 2.65. The summed E-state index contributed by atoms with van der Waals surface area (Å²) in [6.45, 7) is 3.79. The van der Waals surface area contributed by atoms with Crippen LogP contribution in [-0.2, 0) is 7.05 Å². The molecule has 17 heavy (non-hydrogen) atoms. The fourth-order valence-corrected chi connectivity index (χ4v) is 1.74. The van der Waals surface area contributed by atoms with Crippen molar-refractivity contribution in [2.45, 2.75) is 13.8 Å². The molecule has 4 nitrogen and oxygen atoms in total. The minimum Gasteiger partial charge on any atom is -0.319 e. The quantitative estimate of drug-likeness (QED) is 0.858. The maximum Gasteiger partial charge on any atom is 0.256 e. The summed E-state index contributed by atoms with van der Waals surface area (Å²) in [5, 5.41) is 7.05. The molecule has 1 heterocycles. The highest BCUT2D eigenvalue weighted by Gasteiger charge is 2.11. The highest BCUT2D eigenvalue weighted by atomic mass is 16.1. The number of benzene rings is 1. The lowest BCUT2D eigenvalue weighted by Crippen LogP contribution is -2.13. The number of nitrogens with one attached hydrogen (secondary N) is 1. The predicted octanol–water partition coefficient (Wildman–Crippen LogP) is 2.29. The molecule has 0 atom stereocenters. The number of hydrogen-bond donors (Lipinski definition) is 1. The van der Waals surface area contributed by atoms with Crippen LogP contribution in [0.2, 0.25) is 0 Å². The van der Waals surface area contributed by atoms with Crippen molar-refractivity contribution in [2.75, 3.05) is 5.32 Å². The molecule has 1 amide bonds. The average Bonchev–Trinajstić information content (AvgIpc) is 2.58. The van der Waals surface area contributed by atoms with Gasteiger partial charge in [-0.1, -0.05) is 18.2 Å². The fraction of sp³-hybridized carbons (Fsp3) is 0.231. The molecule has 0 unspecified atom stereocenters. The van der Waals surface area contributed by atoms with Gasteiger partial charge in [-0.25, -0.2) is 0 Å². The Hall–Kier alpha value is -2.10. The molecule has 0 aliphatic rings. The zero-order chi connectivity index (χ0) is 12.4. The van der Waals surface area contributed by atoms with E-state index >= 15 is 0 Å². The van der Waals surface area contributed by atoms with Gasteiger partial charge in [0.1, 0.15) is 0 Å². The van der Waals surface area contributed by atoms with Gasteiger partial charge < -0.3 is 5.32 Å². The number of anilines is 1. The Morgan fingerprint density at radius 3 is 2.59 bits per heavy atom. The van der Waals surface area contributed by atoms with Crippen molar-refractivity contribution < 1.29 is 4.79 Å². The van der Waals surface area contributed by atoms with Crippen molar-refractivity contribution in [1.29, 1.82) is 0 Å². The highest BCUT2D eigenvalue weighted by Crippen LogP contribution is 2.14. The summed E-state index contributed by atoms with van der Waals surface area (Å²) in [4.78, 5) is 12.0. The van der Waals surface area contributed by atoms with Gasteiger partial charge in [-0.05, 0) is 25.5 Å². The molecule has 0 bridgehead atoms. The van der Waals surface area contributed by atoms with Crippen molar-refractivity contribution in [1.82, 2.24) is 9.78 Å². The second-order valence-electron chi connectivity index (χ2n) is 4.07. The van der Waals surface area contributed by atoms with E-state index in [1.54, 1.807) is 10.9 Å². The largest absolute Gasteiger partial charge is 0.319 e. The van der Waals surface area contributed by atoms with E-state index in [1.165, 1.54) is 0 Å². The molecule has 0 aliphatic carbocycles. The summed E-state index contributed by atoms with van der Waals surface area (Å²) in [6, 6.07) is 7.51. The van der Waals surface area contributed by atoms with Crippen molar-refractivity contribution >= 4 is 11.6 Å². The molecule has 0 saturated carbocycles. The van der Waals surface area contributed by atoms with Gasteiger partial charge in [0.05, 0.1) is 11.4 Å². The summed E-state index contributed by atoms with van der Waals surface area (Å²) in [5.41, 5.74) is 3.22. The minimum atomic E-state index is -0.0980. The van der Waals surface area contributed by atoms with E-state index in [4.69, 9.17) is 0 Å². The summed E-state index contributed by atoms with van der Waals surface area (Å²) in [5.74, 6) is -0.0980. The fourth-order valence-electron chi connectivity index (χ4n) is 1.74.